The second-order valence-electron chi connectivity index (χ2n) is 8.03. The maximum atomic E-state index is 13.2. The molecule has 2 aliphatic rings. The average molecular weight is 452 g/mol. The Labute approximate surface area is 182 Å². The van der Waals surface area contributed by atoms with Gasteiger partial charge in [-0.1, -0.05) is 24.4 Å². The van der Waals surface area contributed by atoms with E-state index in [4.69, 9.17) is 11.6 Å². The third kappa shape index (κ3) is 4.97. The molecule has 2 aromatic carbocycles. The summed E-state index contributed by atoms with van der Waals surface area (Å²) in [5.74, 6) is -0.226. The second-order valence-corrected chi connectivity index (χ2v) is 10.2. The molecule has 0 radical (unpaired) electrons. The fourth-order valence-electron chi connectivity index (χ4n) is 4.53. The van der Waals surface area contributed by atoms with Gasteiger partial charge in [-0.05, 0) is 61.4 Å². The molecule has 0 bridgehead atoms. The lowest BCUT2D eigenvalue weighted by Gasteiger charge is -2.44. The lowest BCUT2D eigenvalue weighted by Crippen LogP contribution is -2.58. The molecule has 1 aliphatic heterocycles. The van der Waals surface area contributed by atoms with Crippen LogP contribution >= 0.6 is 11.6 Å². The lowest BCUT2D eigenvalue weighted by molar-refractivity contribution is 0.124. The molecule has 0 unspecified atom stereocenters. The summed E-state index contributed by atoms with van der Waals surface area (Å²) < 4.78 is 41.9. The quantitative estimate of drug-likeness (QED) is 0.749. The van der Waals surface area contributed by atoms with Crippen molar-refractivity contribution in [1.82, 2.24) is 9.62 Å². The second kappa shape index (κ2) is 9.22. The third-order valence-electron chi connectivity index (χ3n) is 6.13. The van der Waals surface area contributed by atoms with E-state index >= 15 is 0 Å². The highest BCUT2D eigenvalue weighted by molar-refractivity contribution is 7.89. The van der Waals surface area contributed by atoms with Crippen LogP contribution in [0.3, 0.4) is 0 Å². The van der Waals surface area contributed by atoms with E-state index in [0.717, 1.165) is 57.5 Å². The van der Waals surface area contributed by atoms with Crippen LogP contribution in [0.25, 0.3) is 0 Å². The van der Waals surface area contributed by atoms with Crippen molar-refractivity contribution in [2.75, 3.05) is 31.1 Å². The summed E-state index contributed by atoms with van der Waals surface area (Å²) in [6.45, 7) is 3.42. The van der Waals surface area contributed by atoms with Crippen LogP contribution in [0.15, 0.2) is 53.4 Å². The number of halogens is 2. The minimum atomic E-state index is -3.59. The third-order valence-corrected chi connectivity index (χ3v) is 7.89. The summed E-state index contributed by atoms with van der Waals surface area (Å²) in [6.07, 6.45) is 3.97. The van der Waals surface area contributed by atoms with Crippen molar-refractivity contribution in [2.24, 2.45) is 0 Å². The lowest BCUT2D eigenvalue weighted by atomic mass is 9.89. The number of hydrogen-bond acceptors (Lipinski definition) is 4. The maximum Gasteiger partial charge on any atom is 0.240 e. The minimum absolute atomic E-state index is 0.100. The highest BCUT2D eigenvalue weighted by Crippen LogP contribution is 2.27. The SMILES string of the molecule is O=S(=O)(N[C@@H]1CCCC[C@@H]1N1CCN(c2ccc(F)cc2)CC1)c1ccc(Cl)cc1. The molecule has 0 amide bonds. The van der Waals surface area contributed by atoms with Crippen molar-refractivity contribution in [2.45, 2.75) is 42.7 Å². The molecule has 2 fully saturated rings. The standard InChI is InChI=1S/C22H27ClFN3O2S/c23-17-5-11-20(12-6-17)30(28,29)25-21-3-1-2-4-22(21)27-15-13-26(14-16-27)19-9-7-18(24)8-10-19/h5-12,21-22,25H,1-4,13-16H2/t21-,22+/m1/s1. The topological polar surface area (TPSA) is 52.7 Å². The molecule has 0 spiro atoms. The molecular weight excluding hydrogens is 425 g/mol. The molecule has 5 nitrogen and oxygen atoms in total. The normalized spacial score (nSPS) is 23.5. The van der Waals surface area contributed by atoms with Crippen LogP contribution in [0, 0.1) is 5.82 Å². The van der Waals surface area contributed by atoms with Crippen molar-refractivity contribution in [3.63, 3.8) is 0 Å². The number of nitrogens with zero attached hydrogens (tertiary/aromatic N) is 2. The van der Waals surface area contributed by atoms with Crippen LogP contribution in [0.2, 0.25) is 5.02 Å². The van der Waals surface area contributed by atoms with Gasteiger partial charge in [0, 0.05) is 49.0 Å². The van der Waals surface area contributed by atoms with Crippen molar-refractivity contribution < 1.29 is 12.8 Å². The molecular formula is C22H27ClFN3O2S. The van der Waals surface area contributed by atoms with Crippen molar-refractivity contribution >= 4 is 27.3 Å². The summed E-state index contributed by atoms with van der Waals surface area (Å²) in [4.78, 5) is 4.91. The molecule has 2 atom stereocenters. The summed E-state index contributed by atoms with van der Waals surface area (Å²) in [5, 5.41) is 0.517. The van der Waals surface area contributed by atoms with Crippen LogP contribution in [-0.2, 0) is 10.0 Å². The number of rotatable bonds is 5. The van der Waals surface area contributed by atoms with Gasteiger partial charge < -0.3 is 4.90 Å². The summed E-state index contributed by atoms with van der Waals surface area (Å²) in [6, 6.07) is 13.0. The van der Waals surface area contributed by atoms with Crippen molar-refractivity contribution in [3.05, 3.63) is 59.4 Å². The summed E-state index contributed by atoms with van der Waals surface area (Å²) in [7, 11) is -3.59. The van der Waals surface area contributed by atoms with Crippen LogP contribution in [0.1, 0.15) is 25.7 Å². The molecule has 30 heavy (non-hydrogen) atoms. The van der Waals surface area contributed by atoms with Gasteiger partial charge in [-0.15, -0.1) is 0 Å². The highest BCUT2D eigenvalue weighted by Gasteiger charge is 2.34. The van der Waals surface area contributed by atoms with Crippen LogP contribution in [0.4, 0.5) is 10.1 Å². The molecule has 1 saturated heterocycles. The molecule has 1 saturated carbocycles. The van der Waals surface area contributed by atoms with E-state index in [2.05, 4.69) is 14.5 Å². The molecule has 1 aliphatic carbocycles. The fraction of sp³-hybridized carbons (Fsp3) is 0.455. The van der Waals surface area contributed by atoms with Crippen molar-refractivity contribution in [1.29, 1.82) is 0 Å². The number of sulfonamides is 1. The van der Waals surface area contributed by atoms with E-state index in [1.807, 2.05) is 12.1 Å². The number of anilines is 1. The van der Waals surface area contributed by atoms with Crippen LogP contribution < -0.4 is 9.62 Å². The van der Waals surface area contributed by atoms with Gasteiger partial charge in [-0.3, -0.25) is 4.90 Å². The zero-order valence-corrected chi connectivity index (χ0v) is 18.4. The predicted molar refractivity (Wildman–Crippen MR) is 118 cm³/mol. The molecule has 4 rings (SSSR count). The predicted octanol–water partition coefficient (Wildman–Crippen LogP) is 3.89. The van der Waals surface area contributed by atoms with Gasteiger partial charge in [0.25, 0.3) is 0 Å². The number of nitrogens with one attached hydrogen (secondary N) is 1. The Morgan fingerprint density at radius 3 is 2.20 bits per heavy atom. The Bertz CT molecular complexity index is 945. The summed E-state index contributed by atoms with van der Waals surface area (Å²) in [5.41, 5.74) is 1.03. The first-order chi connectivity index (χ1) is 14.4. The first-order valence-electron chi connectivity index (χ1n) is 10.4. The Hall–Kier alpha value is -1.67. The largest absolute Gasteiger partial charge is 0.369 e. The first kappa shape index (κ1) is 21.6. The number of hydrogen-bond donors (Lipinski definition) is 1. The van der Waals surface area contributed by atoms with Gasteiger partial charge in [0.05, 0.1) is 4.90 Å². The molecule has 2 aromatic rings. The maximum absolute atomic E-state index is 13.2. The van der Waals surface area contributed by atoms with E-state index in [-0.39, 0.29) is 22.8 Å². The molecule has 162 valence electrons. The van der Waals surface area contributed by atoms with Gasteiger partial charge >= 0.3 is 0 Å². The monoisotopic (exact) mass is 451 g/mol. The highest BCUT2D eigenvalue weighted by atomic mass is 35.5. The van der Waals surface area contributed by atoms with E-state index in [1.165, 1.54) is 12.1 Å². The van der Waals surface area contributed by atoms with Gasteiger partial charge in [0.1, 0.15) is 5.82 Å². The van der Waals surface area contributed by atoms with E-state index < -0.39 is 10.0 Å². The first-order valence-corrected chi connectivity index (χ1v) is 12.3. The Morgan fingerprint density at radius 2 is 1.53 bits per heavy atom. The van der Waals surface area contributed by atoms with E-state index in [0.29, 0.717) is 5.02 Å². The van der Waals surface area contributed by atoms with Gasteiger partial charge in [0.2, 0.25) is 10.0 Å². The fourth-order valence-corrected chi connectivity index (χ4v) is 5.96. The number of benzene rings is 2. The van der Waals surface area contributed by atoms with Crippen LogP contribution in [0.5, 0.6) is 0 Å². The molecule has 0 aromatic heterocycles. The average Bonchev–Trinajstić information content (AvgIpc) is 2.75. The zero-order valence-electron chi connectivity index (χ0n) is 16.8. The number of piperazine rings is 1. The Morgan fingerprint density at radius 1 is 0.900 bits per heavy atom. The summed E-state index contributed by atoms with van der Waals surface area (Å²) >= 11 is 5.90. The molecule has 1 heterocycles. The molecule has 8 heteroatoms. The van der Waals surface area contributed by atoms with E-state index in [9.17, 15) is 12.8 Å². The Kier molecular flexibility index (Phi) is 6.63. The van der Waals surface area contributed by atoms with Crippen LogP contribution in [-0.4, -0.2) is 51.6 Å². The minimum Gasteiger partial charge on any atom is -0.369 e. The smallest absolute Gasteiger partial charge is 0.240 e. The Balaban J connectivity index is 1.41. The molecule has 1 N–H and O–H groups in total. The van der Waals surface area contributed by atoms with E-state index in [1.54, 1.807) is 24.3 Å². The zero-order chi connectivity index (χ0) is 21.1. The van der Waals surface area contributed by atoms with Crippen molar-refractivity contribution in [3.8, 4) is 0 Å². The van der Waals surface area contributed by atoms with Gasteiger partial charge in [0.15, 0.2) is 0 Å². The van der Waals surface area contributed by atoms with Gasteiger partial charge in [-0.25, -0.2) is 17.5 Å². The van der Waals surface area contributed by atoms with Gasteiger partial charge in [-0.2, -0.15) is 0 Å².